The van der Waals surface area contributed by atoms with E-state index < -0.39 is 0 Å². The number of hydrogen-bond donors (Lipinski definition) is 1. The third-order valence-electron chi connectivity index (χ3n) is 5.27. The maximum absolute atomic E-state index is 12.5. The summed E-state index contributed by atoms with van der Waals surface area (Å²) in [7, 11) is 0. The molecule has 1 aliphatic rings. The molecule has 1 fully saturated rings. The highest BCUT2D eigenvalue weighted by molar-refractivity contribution is 5.78. The zero-order valence-corrected chi connectivity index (χ0v) is 15.6. The molecule has 3 aromatic rings. The molecule has 1 aromatic carbocycles. The number of H-pyrrole nitrogens is 1. The molecule has 7 nitrogen and oxygen atoms in total. The predicted octanol–water partition coefficient (Wildman–Crippen LogP) is 1.98. The average Bonchev–Trinajstić information content (AvgIpc) is 3.10. The van der Waals surface area contributed by atoms with Gasteiger partial charge in [-0.2, -0.15) is 5.10 Å². The van der Waals surface area contributed by atoms with Crippen LogP contribution in [0.5, 0.6) is 0 Å². The van der Waals surface area contributed by atoms with Crippen LogP contribution in [0.3, 0.4) is 0 Å². The van der Waals surface area contributed by atoms with Gasteiger partial charge in [-0.1, -0.05) is 24.3 Å². The van der Waals surface area contributed by atoms with Crippen molar-refractivity contribution in [2.45, 2.75) is 25.7 Å². The first kappa shape index (κ1) is 18.2. The van der Waals surface area contributed by atoms with E-state index in [1.54, 1.807) is 17.0 Å². The van der Waals surface area contributed by atoms with Crippen LogP contribution in [0, 0.1) is 5.92 Å². The van der Waals surface area contributed by atoms with Crippen LogP contribution in [-0.2, 0) is 17.6 Å². The Kier molecular flexibility index (Phi) is 5.32. The molecule has 3 heterocycles. The Morgan fingerprint density at radius 2 is 1.89 bits per heavy atom. The van der Waals surface area contributed by atoms with Crippen LogP contribution in [0.1, 0.15) is 24.2 Å². The fraction of sp³-hybridized carbons (Fsp3) is 0.333. The molecule has 28 heavy (non-hydrogen) atoms. The Morgan fingerprint density at radius 3 is 2.61 bits per heavy atom. The number of carbonyl (C=O) groups is 1. The van der Waals surface area contributed by atoms with Gasteiger partial charge in [0, 0.05) is 31.9 Å². The number of piperidine rings is 1. The summed E-state index contributed by atoms with van der Waals surface area (Å²) in [5, 5.41) is 6.80. The summed E-state index contributed by atoms with van der Waals surface area (Å²) >= 11 is 0. The molecule has 144 valence electrons. The minimum absolute atomic E-state index is 0.146. The van der Waals surface area contributed by atoms with E-state index in [1.807, 2.05) is 47.4 Å². The molecule has 1 amide bonds. The topological polar surface area (TPSA) is 83.9 Å². The second kappa shape index (κ2) is 8.21. The number of nitrogens with one attached hydrogen (secondary N) is 1. The van der Waals surface area contributed by atoms with E-state index in [-0.39, 0.29) is 11.6 Å². The van der Waals surface area contributed by atoms with E-state index in [0.29, 0.717) is 12.3 Å². The maximum atomic E-state index is 12.5. The summed E-state index contributed by atoms with van der Waals surface area (Å²) in [5.74, 6) is 1.30. The van der Waals surface area contributed by atoms with Gasteiger partial charge in [0.2, 0.25) is 5.91 Å². The van der Waals surface area contributed by atoms with Crippen LogP contribution in [0.15, 0.2) is 59.7 Å². The number of carbonyl (C=O) groups excluding carboxylic acids is 1. The number of amides is 1. The van der Waals surface area contributed by atoms with E-state index >= 15 is 0 Å². The first-order valence-electron chi connectivity index (χ1n) is 9.59. The minimum Gasteiger partial charge on any atom is -0.342 e. The molecule has 2 aromatic heterocycles. The molecule has 4 rings (SSSR count). The lowest BCUT2D eigenvalue weighted by Crippen LogP contribution is -2.40. The average molecular weight is 377 g/mol. The van der Waals surface area contributed by atoms with Crippen molar-refractivity contribution in [3.05, 3.63) is 76.7 Å². The molecule has 0 unspecified atom stereocenters. The number of hydrogen-bond acceptors (Lipinski definition) is 4. The van der Waals surface area contributed by atoms with Gasteiger partial charge in [-0.15, -0.1) is 0 Å². The summed E-state index contributed by atoms with van der Waals surface area (Å²) in [6, 6.07) is 13.3. The smallest absolute Gasteiger partial charge is 0.342 e. The van der Waals surface area contributed by atoms with E-state index in [4.69, 9.17) is 0 Å². The number of aromatic nitrogens is 4. The van der Waals surface area contributed by atoms with Gasteiger partial charge in [0.05, 0.1) is 12.1 Å². The molecule has 0 radical (unpaired) electrons. The molecule has 0 saturated carbocycles. The largest absolute Gasteiger partial charge is 0.347 e. The highest BCUT2D eigenvalue weighted by atomic mass is 16.2. The number of pyridine rings is 1. The Bertz CT molecular complexity index is 973. The number of nitrogens with zero attached hydrogens (tertiary/aromatic N) is 4. The summed E-state index contributed by atoms with van der Waals surface area (Å²) in [4.78, 5) is 30.7. The number of aromatic amines is 1. The first-order valence-corrected chi connectivity index (χ1v) is 9.59. The Morgan fingerprint density at radius 1 is 1.11 bits per heavy atom. The van der Waals surface area contributed by atoms with E-state index in [1.165, 1.54) is 0 Å². The van der Waals surface area contributed by atoms with Crippen LogP contribution in [0.4, 0.5) is 0 Å². The molecule has 0 bridgehead atoms. The van der Waals surface area contributed by atoms with Crippen molar-refractivity contribution in [2.24, 2.45) is 5.92 Å². The summed E-state index contributed by atoms with van der Waals surface area (Å²) in [6.45, 7) is 1.48. The summed E-state index contributed by atoms with van der Waals surface area (Å²) < 4.78 is 1.64. The van der Waals surface area contributed by atoms with Crippen molar-refractivity contribution in [3.63, 3.8) is 0 Å². The molecule has 1 aliphatic heterocycles. The Labute approximate surface area is 163 Å². The number of likely N-dealkylation sites (tertiary alicyclic amines) is 1. The molecule has 0 spiro atoms. The Hall–Kier alpha value is -3.22. The second-order valence-corrected chi connectivity index (χ2v) is 7.18. The van der Waals surface area contributed by atoms with E-state index in [0.717, 1.165) is 49.4 Å². The van der Waals surface area contributed by atoms with Gasteiger partial charge in [0.1, 0.15) is 5.82 Å². The highest BCUT2D eigenvalue weighted by Crippen LogP contribution is 2.22. The molecule has 1 saturated heterocycles. The predicted molar refractivity (Wildman–Crippen MR) is 105 cm³/mol. The van der Waals surface area contributed by atoms with E-state index in [2.05, 4.69) is 15.2 Å². The summed E-state index contributed by atoms with van der Waals surface area (Å²) in [6.07, 6.45) is 6.39. The fourth-order valence-corrected chi connectivity index (χ4v) is 3.74. The van der Waals surface area contributed by atoms with Crippen molar-refractivity contribution < 1.29 is 4.79 Å². The van der Waals surface area contributed by atoms with Gasteiger partial charge in [-0.25, -0.2) is 14.5 Å². The third kappa shape index (κ3) is 4.03. The number of rotatable bonds is 5. The van der Waals surface area contributed by atoms with Crippen LogP contribution in [-0.4, -0.2) is 43.6 Å². The van der Waals surface area contributed by atoms with Gasteiger partial charge in [-0.3, -0.25) is 9.78 Å². The van der Waals surface area contributed by atoms with Crippen molar-refractivity contribution in [3.8, 4) is 5.69 Å². The number of para-hydroxylation sites is 1. The van der Waals surface area contributed by atoms with Crippen LogP contribution in [0.2, 0.25) is 0 Å². The monoisotopic (exact) mass is 377 g/mol. The van der Waals surface area contributed by atoms with Crippen molar-refractivity contribution in [2.75, 3.05) is 13.1 Å². The lowest BCUT2D eigenvalue weighted by molar-refractivity contribution is -0.131. The minimum atomic E-state index is -0.217. The van der Waals surface area contributed by atoms with Crippen molar-refractivity contribution in [1.29, 1.82) is 0 Å². The normalized spacial score (nSPS) is 14.9. The Balaban J connectivity index is 1.37. The molecule has 1 N–H and O–H groups in total. The van der Waals surface area contributed by atoms with Crippen LogP contribution < -0.4 is 5.69 Å². The molecular weight excluding hydrogens is 354 g/mol. The zero-order valence-electron chi connectivity index (χ0n) is 15.6. The maximum Gasteiger partial charge on any atom is 0.347 e. The van der Waals surface area contributed by atoms with Gasteiger partial charge in [0.15, 0.2) is 0 Å². The zero-order chi connectivity index (χ0) is 19.3. The second-order valence-electron chi connectivity index (χ2n) is 7.18. The van der Waals surface area contributed by atoms with Crippen molar-refractivity contribution in [1.82, 2.24) is 24.6 Å². The fourth-order valence-electron chi connectivity index (χ4n) is 3.74. The van der Waals surface area contributed by atoms with Gasteiger partial charge in [0.25, 0.3) is 0 Å². The van der Waals surface area contributed by atoms with E-state index in [9.17, 15) is 9.59 Å². The molecule has 0 aliphatic carbocycles. The first-order chi connectivity index (χ1) is 13.7. The van der Waals surface area contributed by atoms with Crippen LogP contribution >= 0.6 is 0 Å². The quantitative estimate of drug-likeness (QED) is 0.737. The van der Waals surface area contributed by atoms with Gasteiger partial charge < -0.3 is 4.90 Å². The molecule has 7 heteroatoms. The van der Waals surface area contributed by atoms with Gasteiger partial charge >= 0.3 is 5.69 Å². The van der Waals surface area contributed by atoms with Crippen molar-refractivity contribution >= 4 is 5.91 Å². The summed E-state index contributed by atoms with van der Waals surface area (Å²) in [5.41, 5.74) is 1.55. The molecular formula is C21H23N5O2. The standard InChI is InChI=1S/C21H23N5O2/c27-20(14-17-5-4-10-22-15-17)25-11-8-16(9-12-25)13-19-23-24-21(28)26(19)18-6-2-1-3-7-18/h1-7,10,15-16H,8-9,11-14H2,(H,24,28). The number of benzene rings is 1. The van der Waals surface area contributed by atoms with Crippen LogP contribution in [0.25, 0.3) is 5.69 Å². The van der Waals surface area contributed by atoms with Gasteiger partial charge in [-0.05, 0) is 42.5 Å². The SMILES string of the molecule is O=C(Cc1cccnc1)N1CCC(Cc2n[nH]c(=O)n2-c2ccccc2)CC1. The highest BCUT2D eigenvalue weighted by Gasteiger charge is 2.25. The lowest BCUT2D eigenvalue weighted by Gasteiger charge is -2.32. The third-order valence-corrected chi connectivity index (χ3v) is 5.27. The lowest BCUT2D eigenvalue weighted by atomic mass is 9.93. The molecule has 0 atom stereocenters.